The Morgan fingerprint density at radius 3 is 2.41 bits per heavy atom. The second kappa shape index (κ2) is 6.48. The van der Waals surface area contributed by atoms with Gasteiger partial charge in [-0.25, -0.2) is 13.6 Å². The zero-order valence-corrected chi connectivity index (χ0v) is 13.4. The van der Waals surface area contributed by atoms with Crippen LogP contribution in [0.3, 0.4) is 0 Å². The molecule has 0 unspecified atom stereocenters. The van der Waals surface area contributed by atoms with Gasteiger partial charge in [0, 0.05) is 17.8 Å². The summed E-state index contributed by atoms with van der Waals surface area (Å²) in [6.45, 7) is 1.83. The van der Waals surface area contributed by atoms with E-state index in [0.717, 1.165) is 5.56 Å². The number of ketones is 1. The summed E-state index contributed by atoms with van der Waals surface area (Å²) in [6.07, 6.45) is 0. The molecule has 0 heterocycles. The van der Waals surface area contributed by atoms with Gasteiger partial charge in [0.2, 0.25) is 10.0 Å². The van der Waals surface area contributed by atoms with Gasteiger partial charge in [-0.1, -0.05) is 41.9 Å². The Morgan fingerprint density at radius 2 is 1.86 bits per heavy atom. The van der Waals surface area contributed by atoms with Crippen molar-refractivity contribution in [1.82, 2.24) is 0 Å². The fourth-order valence-electron chi connectivity index (χ4n) is 2.00. The smallest absolute Gasteiger partial charge is 0.239 e. The second-order valence-corrected chi connectivity index (χ2v) is 6.71. The lowest BCUT2D eigenvalue weighted by molar-refractivity contribution is 0.101. The average Bonchev–Trinajstić information content (AvgIpc) is 2.44. The molecule has 0 aliphatic heterocycles. The Kier molecular flexibility index (Phi) is 4.85. The molecule has 2 aromatic carbocycles. The summed E-state index contributed by atoms with van der Waals surface area (Å²) >= 11 is 5.96. The van der Waals surface area contributed by atoms with E-state index in [1.165, 1.54) is 19.1 Å². The average molecular weight is 339 g/mol. The number of primary sulfonamides is 1. The maximum Gasteiger partial charge on any atom is 0.239 e. The molecule has 0 atom stereocenters. The normalized spacial score (nSPS) is 11.2. The summed E-state index contributed by atoms with van der Waals surface area (Å²) in [4.78, 5) is 11.5. The zero-order chi connectivity index (χ0) is 16.3. The quantitative estimate of drug-likeness (QED) is 0.820. The number of nitrogens with one attached hydrogen (secondary N) is 1. The van der Waals surface area contributed by atoms with Crippen molar-refractivity contribution in [2.75, 3.05) is 5.32 Å². The van der Waals surface area contributed by atoms with Gasteiger partial charge in [0.15, 0.2) is 5.78 Å². The summed E-state index contributed by atoms with van der Waals surface area (Å²) in [5, 5.41) is 8.16. The van der Waals surface area contributed by atoms with Gasteiger partial charge in [0.25, 0.3) is 0 Å². The molecule has 0 aliphatic rings. The van der Waals surface area contributed by atoms with Crippen molar-refractivity contribution in [2.24, 2.45) is 5.14 Å². The minimum Gasteiger partial charge on any atom is -0.380 e. The largest absolute Gasteiger partial charge is 0.380 e. The fraction of sp³-hybridized carbons (Fsp3) is 0.133. The van der Waals surface area contributed by atoms with Gasteiger partial charge < -0.3 is 5.32 Å². The number of rotatable bonds is 5. The monoisotopic (exact) mass is 338 g/mol. The van der Waals surface area contributed by atoms with Crippen molar-refractivity contribution in [2.45, 2.75) is 18.4 Å². The maximum absolute atomic E-state index is 11.7. The molecule has 0 saturated carbocycles. The molecule has 5 nitrogen and oxygen atoms in total. The van der Waals surface area contributed by atoms with Crippen LogP contribution < -0.4 is 10.5 Å². The highest BCUT2D eigenvalue weighted by molar-refractivity contribution is 7.89. The zero-order valence-electron chi connectivity index (χ0n) is 11.8. The van der Waals surface area contributed by atoms with Crippen LogP contribution in [0, 0.1) is 0 Å². The number of nitrogens with two attached hydrogens (primary N) is 1. The lowest BCUT2D eigenvalue weighted by Crippen LogP contribution is -2.15. The predicted octanol–water partition coefficient (Wildman–Crippen LogP) is 2.80. The molecule has 0 bridgehead atoms. The topological polar surface area (TPSA) is 89.3 Å². The van der Waals surface area contributed by atoms with Crippen LogP contribution in [0.5, 0.6) is 0 Å². The highest BCUT2D eigenvalue weighted by Crippen LogP contribution is 2.29. The molecule has 0 fully saturated rings. The second-order valence-electron chi connectivity index (χ2n) is 4.77. The number of benzene rings is 2. The van der Waals surface area contributed by atoms with E-state index in [0.29, 0.717) is 12.2 Å². The van der Waals surface area contributed by atoms with Crippen LogP contribution in [-0.4, -0.2) is 14.2 Å². The predicted molar refractivity (Wildman–Crippen MR) is 86.6 cm³/mol. The molecule has 2 aromatic rings. The number of hydrogen-bond acceptors (Lipinski definition) is 4. The SMILES string of the molecule is CC(=O)c1cc(S(N)(=O)=O)c(Cl)cc1NCc1ccccc1. The number of hydrogen-bond donors (Lipinski definition) is 2. The Labute approximate surface area is 134 Å². The van der Waals surface area contributed by atoms with Gasteiger partial charge in [0.1, 0.15) is 4.90 Å². The van der Waals surface area contributed by atoms with E-state index in [9.17, 15) is 13.2 Å². The van der Waals surface area contributed by atoms with Gasteiger partial charge in [-0.05, 0) is 24.6 Å². The van der Waals surface area contributed by atoms with Crippen molar-refractivity contribution < 1.29 is 13.2 Å². The summed E-state index contributed by atoms with van der Waals surface area (Å²) in [7, 11) is -3.99. The molecule has 3 N–H and O–H groups in total. The van der Waals surface area contributed by atoms with Crippen molar-refractivity contribution in [1.29, 1.82) is 0 Å². The summed E-state index contributed by atoms with van der Waals surface area (Å²) in [5.41, 5.74) is 1.71. The molecular formula is C15H15ClN2O3S. The Balaban J connectivity index is 2.39. The number of anilines is 1. The lowest BCUT2D eigenvalue weighted by Gasteiger charge is -2.13. The van der Waals surface area contributed by atoms with Crippen LogP contribution in [0.1, 0.15) is 22.8 Å². The minimum atomic E-state index is -3.99. The van der Waals surface area contributed by atoms with Crippen LogP contribution >= 0.6 is 11.6 Å². The van der Waals surface area contributed by atoms with Gasteiger partial charge in [-0.15, -0.1) is 0 Å². The van der Waals surface area contributed by atoms with Crippen LogP contribution in [0.4, 0.5) is 5.69 Å². The van der Waals surface area contributed by atoms with Crippen LogP contribution in [0.25, 0.3) is 0 Å². The third-order valence-electron chi connectivity index (χ3n) is 3.08. The van der Waals surface area contributed by atoms with Crippen LogP contribution in [0.2, 0.25) is 5.02 Å². The van der Waals surface area contributed by atoms with Crippen molar-refractivity contribution >= 4 is 33.1 Å². The summed E-state index contributed by atoms with van der Waals surface area (Å²) < 4.78 is 23.0. The van der Waals surface area contributed by atoms with Gasteiger partial charge in [-0.2, -0.15) is 0 Å². The molecular weight excluding hydrogens is 324 g/mol. The number of carbonyl (C=O) groups excluding carboxylic acids is 1. The molecule has 116 valence electrons. The lowest BCUT2D eigenvalue weighted by atomic mass is 10.1. The van der Waals surface area contributed by atoms with Gasteiger partial charge >= 0.3 is 0 Å². The number of halogens is 1. The molecule has 2 rings (SSSR count). The van der Waals surface area contributed by atoms with E-state index in [1.807, 2.05) is 30.3 Å². The minimum absolute atomic E-state index is 0.0249. The van der Waals surface area contributed by atoms with E-state index in [4.69, 9.17) is 16.7 Å². The number of carbonyl (C=O) groups is 1. The number of sulfonamides is 1. The van der Waals surface area contributed by atoms with E-state index >= 15 is 0 Å². The van der Waals surface area contributed by atoms with E-state index < -0.39 is 10.0 Å². The van der Waals surface area contributed by atoms with Gasteiger partial charge in [-0.3, -0.25) is 4.79 Å². The van der Waals surface area contributed by atoms with Gasteiger partial charge in [0.05, 0.1) is 5.02 Å². The first-order valence-corrected chi connectivity index (χ1v) is 8.36. The maximum atomic E-state index is 11.7. The first kappa shape index (κ1) is 16.5. The third kappa shape index (κ3) is 3.85. The fourth-order valence-corrected chi connectivity index (χ4v) is 3.10. The first-order chi connectivity index (χ1) is 10.3. The third-order valence-corrected chi connectivity index (χ3v) is 4.46. The van der Waals surface area contributed by atoms with E-state index in [-0.39, 0.29) is 21.3 Å². The highest BCUT2D eigenvalue weighted by atomic mass is 35.5. The Hall–Kier alpha value is -1.89. The molecule has 0 amide bonds. The number of Topliss-reactive ketones (excluding diaryl/α,β-unsaturated/α-hetero) is 1. The Morgan fingerprint density at radius 1 is 1.23 bits per heavy atom. The molecule has 0 spiro atoms. The van der Waals surface area contributed by atoms with E-state index in [2.05, 4.69) is 5.32 Å². The van der Waals surface area contributed by atoms with Crippen LogP contribution in [0.15, 0.2) is 47.4 Å². The van der Waals surface area contributed by atoms with Crippen molar-refractivity contribution in [3.05, 3.63) is 58.6 Å². The molecule has 0 saturated heterocycles. The molecule has 0 aliphatic carbocycles. The molecule has 0 aromatic heterocycles. The standard InChI is InChI=1S/C15H15ClN2O3S/c1-10(19)12-7-15(22(17,20)21)13(16)8-14(12)18-9-11-5-3-2-4-6-11/h2-8,18H,9H2,1H3,(H2,17,20,21). The highest BCUT2D eigenvalue weighted by Gasteiger charge is 2.18. The van der Waals surface area contributed by atoms with E-state index in [1.54, 1.807) is 0 Å². The Bertz CT molecular complexity index is 805. The molecule has 22 heavy (non-hydrogen) atoms. The van der Waals surface area contributed by atoms with Crippen molar-refractivity contribution in [3.63, 3.8) is 0 Å². The molecule has 7 heteroatoms. The summed E-state index contributed by atoms with van der Waals surface area (Å²) in [6, 6.07) is 12.2. The molecule has 0 radical (unpaired) electrons. The van der Waals surface area contributed by atoms with Crippen LogP contribution in [-0.2, 0) is 16.6 Å². The first-order valence-electron chi connectivity index (χ1n) is 6.44. The van der Waals surface area contributed by atoms with Crippen molar-refractivity contribution in [3.8, 4) is 0 Å². The summed E-state index contributed by atoms with van der Waals surface area (Å²) in [5.74, 6) is -0.280.